The van der Waals surface area contributed by atoms with Gasteiger partial charge in [-0.15, -0.1) is 0 Å². The average molecular weight is 309 g/mol. The van der Waals surface area contributed by atoms with Gasteiger partial charge in [0.1, 0.15) is 5.82 Å². The molecule has 0 heterocycles. The monoisotopic (exact) mass is 308 g/mol. The van der Waals surface area contributed by atoms with Gasteiger partial charge in [-0.1, -0.05) is 30.7 Å². The summed E-state index contributed by atoms with van der Waals surface area (Å²) in [5, 5.41) is 14.0. The van der Waals surface area contributed by atoms with Crippen molar-refractivity contribution in [2.75, 3.05) is 5.32 Å². The van der Waals surface area contributed by atoms with E-state index < -0.39 is 10.7 Å². The molecule has 0 amide bonds. The van der Waals surface area contributed by atoms with Crippen molar-refractivity contribution in [2.24, 2.45) is 0 Å². The average Bonchev–Trinajstić information content (AvgIpc) is 2.48. The van der Waals surface area contributed by atoms with Gasteiger partial charge < -0.3 is 5.32 Å². The van der Waals surface area contributed by atoms with Gasteiger partial charge in [-0.3, -0.25) is 10.1 Å². The molecule has 0 aliphatic carbocycles. The summed E-state index contributed by atoms with van der Waals surface area (Å²) >= 11 is 5.65. The van der Waals surface area contributed by atoms with Crippen molar-refractivity contribution in [1.82, 2.24) is 0 Å². The van der Waals surface area contributed by atoms with Crippen LogP contribution in [0.3, 0.4) is 0 Å². The molecule has 0 aliphatic heterocycles. The van der Waals surface area contributed by atoms with E-state index in [2.05, 4.69) is 5.32 Å². The summed E-state index contributed by atoms with van der Waals surface area (Å²) in [7, 11) is 0. The van der Waals surface area contributed by atoms with E-state index in [-0.39, 0.29) is 16.8 Å². The molecule has 1 unspecified atom stereocenters. The van der Waals surface area contributed by atoms with E-state index in [1.165, 1.54) is 24.3 Å². The van der Waals surface area contributed by atoms with Gasteiger partial charge in [-0.2, -0.15) is 0 Å². The first-order valence-electron chi connectivity index (χ1n) is 6.47. The molecule has 0 radical (unpaired) electrons. The molecule has 2 rings (SSSR count). The molecule has 4 nitrogen and oxygen atoms in total. The number of halogens is 2. The SMILES string of the molecule is CCC(Nc1ccc(Cl)c(F)c1)c1cccc([N+](=O)[O-])c1. The first kappa shape index (κ1) is 15.3. The summed E-state index contributed by atoms with van der Waals surface area (Å²) in [5.74, 6) is -0.504. The minimum Gasteiger partial charge on any atom is -0.378 e. The fourth-order valence-corrected chi connectivity index (χ4v) is 2.18. The van der Waals surface area contributed by atoms with Crippen LogP contribution in [0.2, 0.25) is 5.02 Å². The van der Waals surface area contributed by atoms with Crippen LogP contribution in [0.25, 0.3) is 0 Å². The molecule has 2 aromatic rings. The number of nitrogens with one attached hydrogen (secondary N) is 1. The van der Waals surface area contributed by atoms with E-state index >= 15 is 0 Å². The van der Waals surface area contributed by atoms with Crippen LogP contribution >= 0.6 is 11.6 Å². The van der Waals surface area contributed by atoms with Crippen molar-refractivity contribution in [3.63, 3.8) is 0 Å². The molecule has 1 N–H and O–H groups in total. The molecule has 0 fully saturated rings. The second-order valence-corrected chi connectivity index (χ2v) is 4.99. The van der Waals surface area contributed by atoms with Crippen LogP contribution in [0.5, 0.6) is 0 Å². The van der Waals surface area contributed by atoms with Gasteiger partial charge in [0.2, 0.25) is 0 Å². The standard InChI is InChI=1S/C15H14ClFN2O2/c1-2-15(10-4-3-5-12(8-10)19(20)21)18-11-6-7-13(16)14(17)9-11/h3-9,15,18H,2H2,1H3. The van der Waals surface area contributed by atoms with E-state index in [4.69, 9.17) is 11.6 Å². The van der Waals surface area contributed by atoms with Gasteiger partial charge in [0, 0.05) is 17.8 Å². The highest BCUT2D eigenvalue weighted by molar-refractivity contribution is 6.30. The maximum atomic E-state index is 13.4. The number of hydrogen-bond donors (Lipinski definition) is 1. The summed E-state index contributed by atoms with van der Waals surface area (Å²) in [6.45, 7) is 1.95. The fourth-order valence-electron chi connectivity index (χ4n) is 2.06. The summed E-state index contributed by atoms with van der Waals surface area (Å²) in [6, 6.07) is 10.7. The van der Waals surface area contributed by atoms with Gasteiger partial charge in [0.25, 0.3) is 5.69 Å². The zero-order chi connectivity index (χ0) is 15.4. The summed E-state index contributed by atoms with van der Waals surface area (Å²) in [6.07, 6.45) is 0.700. The Morgan fingerprint density at radius 1 is 1.33 bits per heavy atom. The lowest BCUT2D eigenvalue weighted by Crippen LogP contribution is -2.10. The zero-order valence-corrected chi connectivity index (χ0v) is 12.1. The third kappa shape index (κ3) is 3.70. The predicted octanol–water partition coefficient (Wildman–Crippen LogP) is 4.95. The molecule has 2 aromatic carbocycles. The van der Waals surface area contributed by atoms with Crippen molar-refractivity contribution in [3.05, 3.63) is 69.0 Å². The van der Waals surface area contributed by atoms with Crippen molar-refractivity contribution in [2.45, 2.75) is 19.4 Å². The summed E-state index contributed by atoms with van der Waals surface area (Å²) < 4.78 is 13.4. The molecule has 1 atom stereocenters. The van der Waals surface area contributed by atoms with Crippen molar-refractivity contribution in [3.8, 4) is 0 Å². The molecular weight excluding hydrogens is 295 g/mol. The number of benzene rings is 2. The van der Waals surface area contributed by atoms with Crippen molar-refractivity contribution < 1.29 is 9.31 Å². The number of anilines is 1. The minimum atomic E-state index is -0.504. The molecule has 0 aliphatic rings. The first-order chi connectivity index (χ1) is 10.0. The number of hydrogen-bond acceptors (Lipinski definition) is 3. The van der Waals surface area contributed by atoms with Gasteiger partial charge in [0.15, 0.2) is 0 Å². The fraction of sp³-hybridized carbons (Fsp3) is 0.200. The smallest absolute Gasteiger partial charge is 0.269 e. The molecule has 0 aromatic heterocycles. The van der Waals surface area contributed by atoms with E-state index in [0.29, 0.717) is 12.1 Å². The lowest BCUT2D eigenvalue weighted by Gasteiger charge is -2.19. The summed E-state index contributed by atoms with van der Waals surface area (Å²) in [5.41, 5.74) is 1.40. The third-order valence-electron chi connectivity index (χ3n) is 3.15. The molecule has 0 bridgehead atoms. The van der Waals surface area contributed by atoms with Crippen LogP contribution in [-0.2, 0) is 0 Å². The van der Waals surface area contributed by atoms with Gasteiger partial charge in [-0.05, 0) is 30.2 Å². The maximum absolute atomic E-state index is 13.4. The van der Waals surface area contributed by atoms with Crippen LogP contribution in [0, 0.1) is 15.9 Å². The Bertz CT molecular complexity index is 664. The number of rotatable bonds is 5. The quantitative estimate of drug-likeness (QED) is 0.628. The molecule has 6 heteroatoms. The topological polar surface area (TPSA) is 55.2 Å². The van der Waals surface area contributed by atoms with Crippen LogP contribution in [0.1, 0.15) is 24.9 Å². The highest BCUT2D eigenvalue weighted by Gasteiger charge is 2.14. The Morgan fingerprint density at radius 2 is 2.10 bits per heavy atom. The highest BCUT2D eigenvalue weighted by atomic mass is 35.5. The normalized spacial score (nSPS) is 12.0. The van der Waals surface area contributed by atoms with Gasteiger partial charge >= 0.3 is 0 Å². The van der Waals surface area contributed by atoms with Crippen LogP contribution in [0.15, 0.2) is 42.5 Å². The van der Waals surface area contributed by atoms with E-state index in [9.17, 15) is 14.5 Å². The third-order valence-corrected chi connectivity index (χ3v) is 3.46. The first-order valence-corrected chi connectivity index (χ1v) is 6.85. The van der Waals surface area contributed by atoms with Crippen molar-refractivity contribution in [1.29, 1.82) is 0 Å². The Hall–Kier alpha value is -2.14. The number of nitro groups is 1. The molecule has 0 spiro atoms. The van der Waals surface area contributed by atoms with E-state index in [1.807, 2.05) is 6.92 Å². The maximum Gasteiger partial charge on any atom is 0.269 e. The molecular formula is C15H14ClFN2O2. The summed E-state index contributed by atoms with van der Waals surface area (Å²) in [4.78, 5) is 10.4. The Balaban J connectivity index is 2.25. The van der Waals surface area contributed by atoms with Gasteiger partial charge in [-0.25, -0.2) is 4.39 Å². The zero-order valence-electron chi connectivity index (χ0n) is 11.3. The Labute approximate surface area is 126 Å². The molecule has 0 saturated carbocycles. The van der Waals surface area contributed by atoms with Crippen molar-refractivity contribution >= 4 is 23.0 Å². The molecule has 21 heavy (non-hydrogen) atoms. The van der Waals surface area contributed by atoms with E-state index in [1.54, 1.807) is 18.2 Å². The Kier molecular flexibility index (Phi) is 4.75. The molecule has 0 saturated heterocycles. The number of non-ortho nitro benzene ring substituents is 1. The largest absolute Gasteiger partial charge is 0.378 e. The van der Waals surface area contributed by atoms with Crippen LogP contribution in [-0.4, -0.2) is 4.92 Å². The highest BCUT2D eigenvalue weighted by Crippen LogP contribution is 2.27. The number of nitro benzene ring substituents is 1. The second-order valence-electron chi connectivity index (χ2n) is 4.59. The van der Waals surface area contributed by atoms with E-state index in [0.717, 1.165) is 5.56 Å². The number of nitrogens with zero attached hydrogens (tertiary/aromatic N) is 1. The molecule has 110 valence electrons. The van der Waals surface area contributed by atoms with Crippen LogP contribution in [0.4, 0.5) is 15.8 Å². The predicted molar refractivity (Wildman–Crippen MR) is 81.2 cm³/mol. The second kappa shape index (κ2) is 6.54. The van der Waals surface area contributed by atoms with Crippen LogP contribution < -0.4 is 5.32 Å². The lowest BCUT2D eigenvalue weighted by atomic mass is 10.0. The van der Waals surface area contributed by atoms with Gasteiger partial charge in [0.05, 0.1) is 16.0 Å². The minimum absolute atomic E-state index is 0.0371. The Morgan fingerprint density at radius 3 is 2.71 bits per heavy atom. The lowest BCUT2D eigenvalue weighted by molar-refractivity contribution is -0.384.